The largest absolute Gasteiger partial charge is 0.441 e. The van der Waals surface area contributed by atoms with Gasteiger partial charge in [-0.2, -0.15) is 0 Å². The first-order valence-electron chi connectivity index (χ1n) is 9.41. The van der Waals surface area contributed by atoms with Crippen LogP contribution >= 0.6 is 0 Å². The summed E-state index contributed by atoms with van der Waals surface area (Å²) in [6.07, 6.45) is 0.162. The quantitative estimate of drug-likeness (QED) is 0.694. The maximum absolute atomic E-state index is 14.0. The van der Waals surface area contributed by atoms with Crippen molar-refractivity contribution in [2.75, 3.05) is 31.1 Å². The van der Waals surface area contributed by atoms with E-state index in [1.54, 1.807) is 25.1 Å². The molecule has 1 aliphatic heterocycles. The minimum absolute atomic E-state index is 0.0178. The molecule has 0 aliphatic carbocycles. The molecule has 0 radical (unpaired) electrons. The standard InChI is InChI=1S/C22H22FN3O2/c1-16-20(24-22(28-16)18-9-5-6-10-19(18)23)15-21(27)26-13-11-25(12-14-26)17-7-3-2-4-8-17/h2-10H,11-15H2,1H3. The van der Waals surface area contributed by atoms with Crippen LogP contribution in [0.1, 0.15) is 11.5 Å². The molecule has 3 aromatic rings. The normalized spacial score (nSPS) is 14.4. The lowest BCUT2D eigenvalue weighted by atomic mass is 10.2. The molecule has 1 aliphatic rings. The Hall–Kier alpha value is -3.15. The van der Waals surface area contributed by atoms with Crippen LogP contribution in [0.25, 0.3) is 11.5 Å². The Morgan fingerprint density at radius 3 is 2.43 bits per heavy atom. The summed E-state index contributed by atoms with van der Waals surface area (Å²) in [5, 5.41) is 0. The van der Waals surface area contributed by atoms with Crippen LogP contribution in [0.15, 0.2) is 59.0 Å². The summed E-state index contributed by atoms with van der Waals surface area (Å²) < 4.78 is 19.6. The van der Waals surface area contributed by atoms with Crippen molar-refractivity contribution in [1.29, 1.82) is 0 Å². The Morgan fingerprint density at radius 2 is 1.71 bits per heavy atom. The molecule has 4 rings (SSSR count). The van der Waals surface area contributed by atoms with Crippen LogP contribution < -0.4 is 4.90 Å². The third-order valence-electron chi connectivity index (χ3n) is 5.07. The molecule has 2 aromatic carbocycles. The first kappa shape index (κ1) is 18.2. The third-order valence-corrected chi connectivity index (χ3v) is 5.07. The van der Waals surface area contributed by atoms with Gasteiger partial charge in [-0.1, -0.05) is 30.3 Å². The zero-order valence-electron chi connectivity index (χ0n) is 15.8. The van der Waals surface area contributed by atoms with Gasteiger partial charge >= 0.3 is 0 Å². The van der Waals surface area contributed by atoms with Gasteiger partial charge in [-0.25, -0.2) is 9.37 Å². The first-order chi connectivity index (χ1) is 13.6. The van der Waals surface area contributed by atoms with Crippen molar-refractivity contribution in [2.45, 2.75) is 13.3 Å². The van der Waals surface area contributed by atoms with E-state index in [4.69, 9.17) is 4.42 Å². The fourth-order valence-electron chi connectivity index (χ4n) is 3.45. The second kappa shape index (κ2) is 7.84. The zero-order valence-corrected chi connectivity index (χ0v) is 15.8. The summed E-state index contributed by atoms with van der Waals surface area (Å²) >= 11 is 0. The van der Waals surface area contributed by atoms with Gasteiger partial charge in [0.15, 0.2) is 0 Å². The van der Waals surface area contributed by atoms with E-state index in [-0.39, 0.29) is 18.2 Å². The fraction of sp³-hybridized carbons (Fsp3) is 0.273. The van der Waals surface area contributed by atoms with E-state index in [0.717, 1.165) is 13.1 Å². The van der Waals surface area contributed by atoms with Gasteiger partial charge in [-0.05, 0) is 31.2 Å². The van der Waals surface area contributed by atoms with Crippen molar-refractivity contribution in [2.24, 2.45) is 0 Å². The fourth-order valence-corrected chi connectivity index (χ4v) is 3.45. The number of rotatable bonds is 4. The molecule has 5 nitrogen and oxygen atoms in total. The summed E-state index contributed by atoms with van der Waals surface area (Å²) in [7, 11) is 0. The van der Waals surface area contributed by atoms with E-state index in [9.17, 15) is 9.18 Å². The number of anilines is 1. The minimum atomic E-state index is -0.390. The van der Waals surface area contributed by atoms with Crippen LogP contribution in [0.5, 0.6) is 0 Å². The van der Waals surface area contributed by atoms with Crippen LogP contribution in [0.3, 0.4) is 0 Å². The van der Waals surface area contributed by atoms with Gasteiger partial charge in [0.05, 0.1) is 17.7 Å². The van der Waals surface area contributed by atoms with Gasteiger partial charge in [0.2, 0.25) is 11.8 Å². The van der Waals surface area contributed by atoms with E-state index in [0.29, 0.717) is 30.1 Å². The Morgan fingerprint density at radius 1 is 1.04 bits per heavy atom. The Labute approximate surface area is 163 Å². The lowest BCUT2D eigenvalue weighted by molar-refractivity contribution is -0.130. The number of aromatic nitrogens is 1. The molecule has 0 unspecified atom stereocenters. The molecule has 2 heterocycles. The number of carbonyl (C=O) groups excluding carboxylic acids is 1. The Balaban J connectivity index is 1.40. The molecular formula is C22H22FN3O2. The van der Waals surface area contributed by atoms with Gasteiger partial charge in [-0.3, -0.25) is 4.79 Å². The average molecular weight is 379 g/mol. The highest BCUT2D eigenvalue weighted by molar-refractivity contribution is 5.79. The SMILES string of the molecule is Cc1oc(-c2ccccc2F)nc1CC(=O)N1CCN(c2ccccc2)CC1. The molecule has 1 amide bonds. The zero-order chi connectivity index (χ0) is 19.5. The van der Waals surface area contributed by atoms with Crippen molar-refractivity contribution in [3.05, 3.63) is 71.9 Å². The van der Waals surface area contributed by atoms with Crippen molar-refractivity contribution >= 4 is 11.6 Å². The molecule has 0 spiro atoms. The summed E-state index contributed by atoms with van der Waals surface area (Å²) in [4.78, 5) is 21.2. The number of nitrogens with zero attached hydrogens (tertiary/aromatic N) is 3. The Bertz CT molecular complexity index is 963. The van der Waals surface area contributed by atoms with Crippen LogP contribution in [0, 0.1) is 12.7 Å². The maximum atomic E-state index is 14.0. The smallest absolute Gasteiger partial charge is 0.229 e. The molecule has 0 N–H and O–H groups in total. The summed E-state index contributed by atoms with van der Waals surface area (Å²) in [5.74, 6) is 0.393. The number of halogens is 1. The molecule has 28 heavy (non-hydrogen) atoms. The van der Waals surface area contributed by atoms with Crippen LogP contribution in [0.4, 0.5) is 10.1 Å². The van der Waals surface area contributed by atoms with E-state index in [1.807, 2.05) is 23.1 Å². The highest BCUT2D eigenvalue weighted by Gasteiger charge is 2.24. The van der Waals surface area contributed by atoms with Gasteiger partial charge < -0.3 is 14.2 Å². The molecule has 0 bridgehead atoms. The average Bonchev–Trinajstić information content (AvgIpc) is 3.09. The van der Waals surface area contributed by atoms with Crippen molar-refractivity contribution in [3.8, 4) is 11.5 Å². The number of hydrogen-bond acceptors (Lipinski definition) is 4. The number of para-hydroxylation sites is 1. The second-order valence-corrected chi connectivity index (χ2v) is 6.88. The number of benzene rings is 2. The van der Waals surface area contributed by atoms with Crippen LogP contribution in [-0.2, 0) is 11.2 Å². The summed E-state index contributed by atoms with van der Waals surface area (Å²) in [5.41, 5.74) is 2.05. The lowest BCUT2D eigenvalue weighted by Crippen LogP contribution is -2.49. The molecule has 1 saturated heterocycles. The highest BCUT2D eigenvalue weighted by atomic mass is 19.1. The highest BCUT2D eigenvalue weighted by Crippen LogP contribution is 2.25. The molecule has 6 heteroatoms. The molecule has 0 saturated carbocycles. The van der Waals surface area contributed by atoms with E-state index < -0.39 is 5.82 Å². The van der Waals surface area contributed by atoms with E-state index >= 15 is 0 Å². The number of amides is 1. The van der Waals surface area contributed by atoms with Gasteiger partial charge in [-0.15, -0.1) is 0 Å². The number of aryl methyl sites for hydroxylation is 1. The number of piperazine rings is 1. The predicted molar refractivity (Wildman–Crippen MR) is 106 cm³/mol. The van der Waals surface area contributed by atoms with Gasteiger partial charge in [0.25, 0.3) is 0 Å². The summed E-state index contributed by atoms with van der Waals surface area (Å²) in [6, 6.07) is 16.5. The van der Waals surface area contributed by atoms with Gasteiger partial charge in [0.1, 0.15) is 11.6 Å². The lowest BCUT2D eigenvalue weighted by Gasteiger charge is -2.36. The van der Waals surface area contributed by atoms with E-state index in [2.05, 4.69) is 22.0 Å². The molecule has 0 atom stereocenters. The molecular weight excluding hydrogens is 357 g/mol. The van der Waals surface area contributed by atoms with Gasteiger partial charge in [0, 0.05) is 31.9 Å². The van der Waals surface area contributed by atoms with Crippen molar-refractivity contribution in [1.82, 2.24) is 9.88 Å². The van der Waals surface area contributed by atoms with E-state index in [1.165, 1.54) is 11.8 Å². The minimum Gasteiger partial charge on any atom is -0.441 e. The third kappa shape index (κ3) is 3.76. The summed E-state index contributed by atoms with van der Waals surface area (Å²) in [6.45, 7) is 4.70. The first-order valence-corrected chi connectivity index (χ1v) is 9.41. The second-order valence-electron chi connectivity index (χ2n) is 6.88. The maximum Gasteiger partial charge on any atom is 0.229 e. The monoisotopic (exact) mass is 379 g/mol. The molecule has 144 valence electrons. The van der Waals surface area contributed by atoms with Crippen molar-refractivity contribution in [3.63, 3.8) is 0 Å². The molecule has 1 aromatic heterocycles. The Kier molecular flexibility index (Phi) is 5.10. The topological polar surface area (TPSA) is 49.6 Å². The predicted octanol–water partition coefficient (Wildman–Crippen LogP) is 3.68. The van der Waals surface area contributed by atoms with Crippen LogP contribution in [-0.4, -0.2) is 42.0 Å². The van der Waals surface area contributed by atoms with Crippen molar-refractivity contribution < 1.29 is 13.6 Å². The molecule has 1 fully saturated rings. The number of oxazole rings is 1. The number of hydrogen-bond donors (Lipinski definition) is 0. The van der Waals surface area contributed by atoms with Crippen LogP contribution in [0.2, 0.25) is 0 Å². The number of carbonyl (C=O) groups is 1.